The maximum absolute atomic E-state index is 13.7. The lowest BCUT2D eigenvalue weighted by Gasteiger charge is -2.30. The summed E-state index contributed by atoms with van der Waals surface area (Å²) in [6.45, 7) is 0. The number of ether oxygens (including phenoxy) is 2. The predicted octanol–water partition coefficient (Wildman–Crippen LogP) is 6.34. The van der Waals surface area contributed by atoms with Gasteiger partial charge in [-0.25, -0.2) is 0 Å². The molecular formula is C27H25ClN2O3. The number of carbonyl (C=O) groups excluding carboxylic acids is 1. The minimum Gasteiger partial charge on any atom is -0.493 e. The molecule has 0 unspecified atom stereocenters. The summed E-state index contributed by atoms with van der Waals surface area (Å²) in [4.78, 5) is 13.7. The van der Waals surface area contributed by atoms with Crippen molar-refractivity contribution in [3.8, 4) is 11.5 Å². The summed E-state index contributed by atoms with van der Waals surface area (Å²) in [5, 5.41) is 7.86. The highest BCUT2D eigenvalue weighted by molar-refractivity contribution is 6.30. The molecule has 0 fully saturated rings. The van der Waals surface area contributed by atoms with Crippen molar-refractivity contribution >= 4 is 28.8 Å². The molecular weight excluding hydrogens is 436 g/mol. The normalized spacial score (nSPS) is 19.5. The number of hydrogen-bond acceptors (Lipinski definition) is 5. The fourth-order valence-electron chi connectivity index (χ4n) is 4.84. The fourth-order valence-corrected chi connectivity index (χ4v) is 4.96. The Morgan fingerprint density at radius 2 is 1.64 bits per heavy atom. The van der Waals surface area contributed by atoms with Crippen LogP contribution >= 0.6 is 11.6 Å². The Labute approximate surface area is 198 Å². The smallest absolute Gasteiger partial charge is 0.166 e. The summed E-state index contributed by atoms with van der Waals surface area (Å²) in [5.41, 5.74) is 5.52. The van der Waals surface area contributed by atoms with Crippen LogP contribution in [0.4, 0.5) is 11.4 Å². The van der Waals surface area contributed by atoms with Crippen LogP contribution in [-0.4, -0.2) is 20.0 Å². The average Bonchev–Trinajstić information content (AvgIpc) is 3.00. The lowest BCUT2D eigenvalue weighted by Crippen LogP contribution is -2.27. The van der Waals surface area contributed by atoms with E-state index in [1.807, 2.05) is 66.7 Å². The first-order chi connectivity index (χ1) is 16.1. The van der Waals surface area contributed by atoms with Crippen LogP contribution in [0, 0.1) is 0 Å². The maximum Gasteiger partial charge on any atom is 0.166 e. The van der Waals surface area contributed by atoms with Gasteiger partial charge in [0.25, 0.3) is 0 Å². The average molecular weight is 461 g/mol. The maximum atomic E-state index is 13.7. The zero-order valence-corrected chi connectivity index (χ0v) is 19.3. The minimum atomic E-state index is -0.375. The zero-order valence-electron chi connectivity index (χ0n) is 18.5. The van der Waals surface area contributed by atoms with Crippen LogP contribution in [0.1, 0.15) is 35.9 Å². The van der Waals surface area contributed by atoms with Crippen molar-refractivity contribution in [1.29, 1.82) is 0 Å². The van der Waals surface area contributed by atoms with E-state index in [-0.39, 0.29) is 17.7 Å². The molecule has 0 amide bonds. The summed E-state index contributed by atoms with van der Waals surface area (Å²) < 4.78 is 11.3. The van der Waals surface area contributed by atoms with Crippen LogP contribution in [0.15, 0.2) is 78.0 Å². The van der Waals surface area contributed by atoms with E-state index in [2.05, 4.69) is 10.6 Å². The van der Waals surface area contributed by atoms with Gasteiger partial charge in [0.2, 0.25) is 0 Å². The summed E-state index contributed by atoms with van der Waals surface area (Å²) in [6, 6.07) is 21.2. The van der Waals surface area contributed by atoms with Crippen LogP contribution in [-0.2, 0) is 4.79 Å². The molecule has 5 nitrogen and oxygen atoms in total. The Hall–Kier alpha value is -3.44. The number of fused-ring (bicyclic) bond motifs is 1. The second-order valence-corrected chi connectivity index (χ2v) is 8.74. The molecule has 2 aliphatic rings. The van der Waals surface area contributed by atoms with E-state index < -0.39 is 0 Å². The summed E-state index contributed by atoms with van der Waals surface area (Å²) in [7, 11) is 3.24. The molecule has 6 heteroatoms. The second-order valence-electron chi connectivity index (χ2n) is 8.30. The quantitative estimate of drug-likeness (QED) is 0.476. The topological polar surface area (TPSA) is 59.6 Å². The standard InChI is InChI=1S/C27H25ClN2O3/c1-32-24-9-5-6-19(27(24)33-2)26-25-22(29-20-7-3-4-8-21(20)30-26)14-17(15-23(25)31)16-10-12-18(28)13-11-16/h3-13,17,26,29-30H,14-15H2,1-2H3/t17-,26+/m1/s1. The third-order valence-corrected chi connectivity index (χ3v) is 6.65. The van der Waals surface area contributed by atoms with E-state index in [9.17, 15) is 4.79 Å². The number of nitrogens with one attached hydrogen (secondary N) is 2. The molecule has 1 heterocycles. The van der Waals surface area contributed by atoms with Gasteiger partial charge < -0.3 is 20.1 Å². The Morgan fingerprint density at radius 1 is 0.879 bits per heavy atom. The molecule has 0 bridgehead atoms. The van der Waals surface area contributed by atoms with E-state index in [1.54, 1.807) is 14.2 Å². The van der Waals surface area contributed by atoms with Crippen LogP contribution in [0.3, 0.4) is 0 Å². The molecule has 1 aliphatic carbocycles. The monoisotopic (exact) mass is 460 g/mol. The van der Waals surface area contributed by atoms with Gasteiger partial charge in [0.1, 0.15) is 0 Å². The van der Waals surface area contributed by atoms with Crippen LogP contribution in [0.2, 0.25) is 5.02 Å². The van der Waals surface area contributed by atoms with Crippen molar-refractivity contribution < 1.29 is 14.3 Å². The van der Waals surface area contributed by atoms with E-state index in [1.165, 1.54) is 0 Å². The first kappa shape index (κ1) is 21.4. The van der Waals surface area contributed by atoms with E-state index in [4.69, 9.17) is 21.1 Å². The van der Waals surface area contributed by atoms with Crippen molar-refractivity contribution in [2.24, 2.45) is 0 Å². The predicted molar refractivity (Wildman–Crippen MR) is 131 cm³/mol. The number of ketones is 1. The molecule has 5 rings (SSSR count). The van der Waals surface area contributed by atoms with Crippen molar-refractivity contribution in [2.45, 2.75) is 24.8 Å². The molecule has 3 aromatic carbocycles. The molecule has 2 N–H and O–H groups in total. The van der Waals surface area contributed by atoms with E-state index in [0.717, 1.165) is 40.2 Å². The molecule has 1 aliphatic heterocycles. The third kappa shape index (κ3) is 3.93. The van der Waals surface area contributed by atoms with Gasteiger partial charge in [-0.15, -0.1) is 0 Å². The molecule has 0 spiro atoms. The van der Waals surface area contributed by atoms with E-state index in [0.29, 0.717) is 22.9 Å². The number of Topliss-reactive ketones (excluding diaryl/α,β-unsaturated/α-hetero) is 1. The molecule has 2 atom stereocenters. The van der Waals surface area contributed by atoms with E-state index >= 15 is 0 Å². The van der Waals surface area contributed by atoms with Gasteiger partial charge in [-0.3, -0.25) is 4.79 Å². The van der Waals surface area contributed by atoms with Crippen LogP contribution in [0.5, 0.6) is 11.5 Å². The molecule has 33 heavy (non-hydrogen) atoms. The fraction of sp³-hybridized carbons (Fsp3) is 0.222. The van der Waals surface area contributed by atoms with Crippen molar-refractivity contribution in [3.05, 3.63) is 94.1 Å². The number of allylic oxidation sites excluding steroid dienone is 1. The lowest BCUT2D eigenvalue weighted by molar-refractivity contribution is -0.116. The van der Waals surface area contributed by atoms with Gasteiger partial charge >= 0.3 is 0 Å². The molecule has 3 aromatic rings. The number of methoxy groups -OCH3 is 2. The lowest BCUT2D eigenvalue weighted by atomic mass is 9.78. The molecule has 0 saturated heterocycles. The van der Waals surface area contributed by atoms with Gasteiger partial charge in [0.15, 0.2) is 17.3 Å². The van der Waals surface area contributed by atoms with Crippen molar-refractivity contribution in [3.63, 3.8) is 0 Å². The van der Waals surface area contributed by atoms with Gasteiger partial charge in [0.05, 0.1) is 31.6 Å². The van der Waals surface area contributed by atoms with Gasteiger partial charge in [-0.1, -0.05) is 48.0 Å². The molecule has 168 valence electrons. The Kier molecular flexibility index (Phi) is 5.73. The van der Waals surface area contributed by atoms with Crippen LogP contribution < -0.4 is 20.1 Å². The summed E-state index contributed by atoms with van der Waals surface area (Å²) in [5.74, 6) is 1.45. The number of carbonyl (C=O) groups is 1. The SMILES string of the molecule is COc1cccc([C@@H]2Nc3ccccc3NC3=C2C(=O)C[C@H](c2ccc(Cl)cc2)C3)c1OC. The largest absolute Gasteiger partial charge is 0.493 e. The highest BCUT2D eigenvalue weighted by Crippen LogP contribution is 2.47. The molecule has 0 aromatic heterocycles. The first-order valence-electron chi connectivity index (χ1n) is 10.9. The minimum absolute atomic E-state index is 0.0825. The highest BCUT2D eigenvalue weighted by Gasteiger charge is 2.37. The number of benzene rings is 3. The highest BCUT2D eigenvalue weighted by atomic mass is 35.5. The summed E-state index contributed by atoms with van der Waals surface area (Å²) >= 11 is 6.09. The number of hydrogen-bond donors (Lipinski definition) is 2. The molecule has 0 radical (unpaired) electrons. The zero-order chi connectivity index (χ0) is 22.9. The number of halogens is 1. The van der Waals surface area contributed by atoms with Gasteiger partial charge in [-0.05, 0) is 48.2 Å². The number of rotatable bonds is 4. The Morgan fingerprint density at radius 3 is 2.36 bits per heavy atom. The van der Waals surface area contributed by atoms with Gasteiger partial charge in [0, 0.05) is 28.3 Å². The van der Waals surface area contributed by atoms with Crippen LogP contribution in [0.25, 0.3) is 0 Å². The third-order valence-electron chi connectivity index (χ3n) is 6.39. The number of anilines is 2. The summed E-state index contributed by atoms with van der Waals surface area (Å²) in [6.07, 6.45) is 1.16. The Balaban J connectivity index is 1.64. The first-order valence-corrected chi connectivity index (χ1v) is 11.3. The van der Waals surface area contributed by atoms with Gasteiger partial charge in [-0.2, -0.15) is 0 Å². The number of para-hydroxylation sites is 3. The second kappa shape index (κ2) is 8.83. The van der Waals surface area contributed by atoms with Crippen molar-refractivity contribution in [1.82, 2.24) is 0 Å². The Bertz CT molecular complexity index is 1240. The van der Waals surface area contributed by atoms with Crippen molar-refractivity contribution in [2.75, 3.05) is 24.9 Å². The molecule has 0 saturated carbocycles.